The molecule has 0 aliphatic rings. The molecule has 0 amide bonds. The van der Waals surface area contributed by atoms with E-state index in [4.69, 9.17) is 0 Å². The molecule has 1 nitrogen and oxygen atoms in total. The highest BCUT2D eigenvalue weighted by Gasteiger charge is 2.12. The summed E-state index contributed by atoms with van der Waals surface area (Å²) in [6, 6.07) is 25.1. The third-order valence-electron chi connectivity index (χ3n) is 7.01. The van der Waals surface area contributed by atoms with Gasteiger partial charge in [0.25, 0.3) is 0 Å². The Morgan fingerprint density at radius 1 is 0.613 bits per heavy atom. The number of benzene rings is 4. The molecule has 0 fully saturated rings. The Morgan fingerprint density at radius 2 is 1.29 bits per heavy atom. The van der Waals surface area contributed by atoms with Crippen LogP contribution in [0.25, 0.3) is 43.4 Å². The molecule has 158 valence electrons. The van der Waals surface area contributed by atoms with E-state index in [1.165, 1.54) is 100 Å². The summed E-state index contributed by atoms with van der Waals surface area (Å²) >= 11 is 0. The quantitative estimate of drug-likeness (QED) is 0.179. The Hall–Kier alpha value is -2.80. The van der Waals surface area contributed by atoms with Crippen LogP contribution >= 0.6 is 0 Å². The molecule has 0 aliphatic carbocycles. The average Bonchev–Trinajstić information content (AvgIpc) is 3.10. The molecule has 0 aliphatic heterocycles. The first-order valence-corrected chi connectivity index (χ1v) is 12.1. The van der Waals surface area contributed by atoms with Crippen LogP contribution in [0.4, 0.5) is 0 Å². The monoisotopic (exact) mass is 407 g/mol. The minimum Gasteiger partial charge on any atom is -0.343 e. The predicted octanol–water partition coefficient (Wildman–Crippen LogP) is 8.93. The number of hydrogen-bond donors (Lipinski definition) is 0. The molecule has 0 saturated heterocycles. The Morgan fingerprint density at radius 3 is 2.16 bits per heavy atom. The van der Waals surface area contributed by atoms with Crippen molar-refractivity contribution in [1.82, 2.24) is 4.57 Å². The van der Waals surface area contributed by atoms with Gasteiger partial charge in [0.15, 0.2) is 0 Å². The normalized spacial score (nSPS) is 11.9. The molecule has 4 aromatic carbocycles. The SMILES string of the molecule is CCCCCCCCCc1ccc2c(ccc3c2ccc2c4ccccc4n(C)c32)c1. The molecule has 1 aromatic heterocycles. The zero-order valence-electron chi connectivity index (χ0n) is 19.0. The molecule has 0 atom stereocenters. The molecule has 0 N–H and O–H groups in total. The molecule has 0 spiro atoms. The first-order chi connectivity index (χ1) is 15.3. The summed E-state index contributed by atoms with van der Waals surface area (Å²) in [5, 5.41) is 8.13. The van der Waals surface area contributed by atoms with E-state index in [1.54, 1.807) is 0 Å². The second kappa shape index (κ2) is 8.75. The van der Waals surface area contributed by atoms with E-state index in [0.717, 1.165) is 0 Å². The third-order valence-corrected chi connectivity index (χ3v) is 7.01. The first-order valence-electron chi connectivity index (χ1n) is 12.1. The Bertz CT molecular complexity index is 1360. The second-order valence-corrected chi connectivity index (χ2v) is 9.13. The van der Waals surface area contributed by atoms with Gasteiger partial charge in [0.1, 0.15) is 0 Å². The van der Waals surface area contributed by atoms with Crippen molar-refractivity contribution in [3.8, 4) is 0 Å². The van der Waals surface area contributed by atoms with Crippen molar-refractivity contribution in [2.24, 2.45) is 7.05 Å². The van der Waals surface area contributed by atoms with Crippen LogP contribution in [0.1, 0.15) is 57.4 Å². The van der Waals surface area contributed by atoms with E-state index in [2.05, 4.69) is 85.3 Å². The van der Waals surface area contributed by atoms with Gasteiger partial charge in [-0.1, -0.05) is 106 Å². The van der Waals surface area contributed by atoms with E-state index in [9.17, 15) is 0 Å². The van der Waals surface area contributed by atoms with Crippen molar-refractivity contribution >= 4 is 43.4 Å². The zero-order chi connectivity index (χ0) is 21.2. The third kappa shape index (κ3) is 3.71. The van der Waals surface area contributed by atoms with Crippen molar-refractivity contribution in [1.29, 1.82) is 0 Å². The van der Waals surface area contributed by atoms with Crippen molar-refractivity contribution in [3.05, 3.63) is 72.3 Å². The number of rotatable bonds is 8. The lowest BCUT2D eigenvalue weighted by molar-refractivity contribution is 0.589. The predicted molar refractivity (Wildman–Crippen MR) is 137 cm³/mol. The van der Waals surface area contributed by atoms with Crippen LogP contribution in [-0.4, -0.2) is 4.57 Å². The van der Waals surface area contributed by atoms with Gasteiger partial charge >= 0.3 is 0 Å². The van der Waals surface area contributed by atoms with Crippen LogP contribution < -0.4 is 0 Å². The summed E-state index contributed by atoms with van der Waals surface area (Å²) in [7, 11) is 2.19. The Kier molecular flexibility index (Phi) is 5.68. The van der Waals surface area contributed by atoms with Crippen molar-refractivity contribution in [2.75, 3.05) is 0 Å². The summed E-state index contributed by atoms with van der Waals surface area (Å²) in [5.74, 6) is 0. The molecule has 5 aromatic rings. The fourth-order valence-corrected chi connectivity index (χ4v) is 5.31. The maximum Gasteiger partial charge on any atom is 0.0568 e. The lowest BCUT2D eigenvalue weighted by atomic mass is 9.96. The highest BCUT2D eigenvalue weighted by atomic mass is 14.9. The van der Waals surface area contributed by atoms with Crippen LogP contribution in [0.2, 0.25) is 0 Å². The zero-order valence-corrected chi connectivity index (χ0v) is 19.0. The topological polar surface area (TPSA) is 4.93 Å². The van der Waals surface area contributed by atoms with Crippen molar-refractivity contribution in [3.63, 3.8) is 0 Å². The molecule has 1 heteroatoms. The molecule has 31 heavy (non-hydrogen) atoms. The summed E-state index contributed by atoms with van der Waals surface area (Å²) < 4.78 is 2.35. The smallest absolute Gasteiger partial charge is 0.0568 e. The second-order valence-electron chi connectivity index (χ2n) is 9.13. The summed E-state index contributed by atoms with van der Waals surface area (Å²) in [6.45, 7) is 2.29. The molecule has 0 radical (unpaired) electrons. The molecule has 0 unspecified atom stereocenters. The Balaban J connectivity index is 1.44. The number of fused-ring (bicyclic) bond motifs is 7. The number of hydrogen-bond acceptors (Lipinski definition) is 0. The van der Waals surface area contributed by atoms with Crippen LogP contribution in [0.3, 0.4) is 0 Å². The lowest BCUT2D eigenvalue weighted by Crippen LogP contribution is -1.90. The molecular formula is C30H33N. The van der Waals surface area contributed by atoms with Crippen LogP contribution in [0.15, 0.2) is 66.7 Å². The van der Waals surface area contributed by atoms with Gasteiger partial charge < -0.3 is 4.57 Å². The highest BCUT2D eigenvalue weighted by Crippen LogP contribution is 2.36. The minimum absolute atomic E-state index is 1.20. The van der Waals surface area contributed by atoms with Gasteiger partial charge in [0.05, 0.1) is 5.52 Å². The van der Waals surface area contributed by atoms with Gasteiger partial charge in [-0.2, -0.15) is 0 Å². The Labute approximate surface area is 185 Å². The van der Waals surface area contributed by atoms with E-state index in [1.807, 2.05) is 0 Å². The summed E-state index contributed by atoms with van der Waals surface area (Å²) in [6.07, 6.45) is 10.8. The van der Waals surface area contributed by atoms with E-state index < -0.39 is 0 Å². The highest BCUT2D eigenvalue weighted by molar-refractivity contribution is 6.22. The number of aromatic nitrogens is 1. The summed E-state index contributed by atoms with van der Waals surface area (Å²) in [4.78, 5) is 0. The molecule has 0 bridgehead atoms. The van der Waals surface area contributed by atoms with E-state index in [0.29, 0.717) is 0 Å². The summed E-state index contributed by atoms with van der Waals surface area (Å²) in [5.41, 5.74) is 4.12. The molecular weight excluding hydrogens is 374 g/mol. The van der Waals surface area contributed by atoms with Crippen LogP contribution in [0.5, 0.6) is 0 Å². The average molecular weight is 408 g/mol. The fourth-order valence-electron chi connectivity index (χ4n) is 5.31. The maximum absolute atomic E-state index is 2.41. The van der Waals surface area contributed by atoms with Gasteiger partial charge in [0.2, 0.25) is 0 Å². The largest absolute Gasteiger partial charge is 0.343 e. The number of aryl methyl sites for hydroxylation is 2. The van der Waals surface area contributed by atoms with Crippen molar-refractivity contribution < 1.29 is 0 Å². The molecule has 5 rings (SSSR count). The van der Waals surface area contributed by atoms with Gasteiger partial charge in [-0.25, -0.2) is 0 Å². The van der Waals surface area contributed by atoms with Gasteiger partial charge in [0, 0.05) is 28.7 Å². The fraction of sp³-hybridized carbons (Fsp3) is 0.333. The van der Waals surface area contributed by atoms with Crippen molar-refractivity contribution in [2.45, 2.75) is 58.3 Å². The maximum atomic E-state index is 2.41. The first kappa shape index (κ1) is 20.1. The lowest BCUT2D eigenvalue weighted by Gasteiger charge is -2.09. The molecule has 0 saturated carbocycles. The van der Waals surface area contributed by atoms with Gasteiger partial charge in [-0.3, -0.25) is 0 Å². The van der Waals surface area contributed by atoms with Crippen LogP contribution in [0, 0.1) is 0 Å². The number of unbranched alkanes of at least 4 members (excludes halogenated alkanes) is 6. The standard InChI is InChI=1S/C30H33N/c1-3-4-5-6-7-8-9-12-22-15-17-24-23(21-22)16-18-27-25(24)19-20-28-26-13-10-11-14-29(26)31(2)30(27)28/h10-11,13-21H,3-9,12H2,1-2H3. The van der Waals surface area contributed by atoms with Gasteiger partial charge in [-0.05, 0) is 40.6 Å². The van der Waals surface area contributed by atoms with E-state index >= 15 is 0 Å². The minimum atomic E-state index is 1.20. The van der Waals surface area contributed by atoms with Gasteiger partial charge in [-0.15, -0.1) is 0 Å². The number of para-hydroxylation sites is 1. The number of nitrogens with zero attached hydrogens (tertiary/aromatic N) is 1. The van der Waals surface area contributed by atoms with E-state index in [-0.39, 0.29) is 0 Å². The molecule has 1 heterocycles. The van der Waals surface area contributed by atoms with Crippen LogP contribution in [-0.2, 0) is 13.5 Å².